The molecule has 0 bridgehead atoms. The SMILES string of the molecule is Nc1ncnc2c1ccn2[C@H]1CC[C@@H]([C@H](O)c2ccc(Cl)c(OC3CC3)c2)O1. The lowest BCUT2D eigenvalue weighted by Gasteiger charge is -2.21. The van der Waals surface area contributed by atoms with Crippen LogP contribution in [0.3, 0.4) is 0 Å². The Hall–Kier alpha value is -2.35. The van der Waals surface area contributed by atoms with Gasteiger partial charge in [-0.15, -0.1) is 0 Å². The van der Waals surface area contributed by atoms with Crippen molar-refractivity contribution in [3.05, 3.63) is 47.4 Å². The number of aromatic nitrogens is 3. The zero-order valence-electron chi connectivity index (χ0n) is 15.2. The van der Waals surface area contributed by atoms with E-state index in [0.717, 1.165) is 42.3 Å². The maximum Gasteiger partial charge on any atom is 0.147 e. The Morgan fingerprint density at radius 1 is 1.21 bits per heavy atom. The average molecular weight is 401 g/mol. The highest BCUT2D eigenvalue weighted by atomic mass is 35.5. The highest BCUT2D eigenvalue weighted by Gasteiger charge is 2.34. The lowest BCUT2D eigenvalue weighted by atomic mass is 10.0. The Bertz CT molecular complexity index is 1020. The topological polar surface area (TPSA) is 95.4 Å². The molecule has 1 aromatic carbocycles. The van der Waals surface area contributed by atoms with E-state index < -0.39 is 6.10 Å². The third kappa shape index (κ3) is 3.19. The molecule has 0 unspecified atom stereocenters. The fourth-order valence-electron chi connectivity index (χ4n) is 3.68. The first-order valence-electron chi connectivity index (χ1n) is 9.47. The highest BCUT2D eigenvalue weighted by Crippen LogP contribution is 2.39. The molecule has 1 aliphatic heterocycles. The molecule has 7 nitrogen and oxygen atoms in total. The molecule has 146 valence electrons. The van der Waals surface area contributed by atoms with Crippen molar-refractivity contribution in [1.29, 1.82) is 0 Å². The van der Waals surface area contributed by atoms with Crippen LogP contribution in [0.2, 0.25) is 5.02 Å². The first kappa shape index (κ1) is 17.7. The summed E-state index contributed by atoms with van der Waals surface area (Å²) in [4.78, 5) is 8.35. The Morgan fingerprint density at radius 2 is 2.07 bits per heavy atom. The Kier molecular flexibility index (Phi) is 4.38. The number of hydrogen-bond donors (Lipinski definition) is 2. The molecule has 2 fully saturated rings. The molecule has 0 amide bonds. The van der Waals surface area contributed by atoms with Gasteiger partial charge in [-0.3, -0.25) is 0 Å². The molecule has 1 saturated heterocycles. The van der Waals surface area contributed by atoms with Crippen molar-refractivity contribution in [2.45, 2.75) is 50.2 Å². The smallest absolute Gasteiger partial charge is 0.147 e. The molecule has 5 rings (SSSR count). The number of benzene rings is 1. The van der Waals surface area contributed by atoms with E-state index in [9.17, 15) is 5.11 Å². The van der Waals surface area contributed by atoms with Gasteiger partial charge in [-0.05, 0) is 49.4 Å². The predicted molar refractivity (Wildman–Crippen MR) is 105 cm³/mol. The molecule has 8 heteroatoms. The summed E-state index contributed by atoms with van der Waals surface area (Å²) in [6.45, 7) is 0. The molecule has 3 heterocycles. The minimum atomic E-state index is -0.759. The number of nitrogens with zero attached hydrogens (tertiary/aromatic N) is 3. The highest BCUT2D eigenvalue weighted by molar-refractivity contribution is 6.32. The van der Waals surface area contributed by atoms with Gasteiger partial charge in [0.25, 0.3) is 0 Å². The summed E-state index contributed by atoms with van der Waals surface area (Å²) in [6, 6.07) is 7.30. The van der Waals surface area contributed by atoms with Crippen molar-refractivity contribution in [3.63, 3.8) is 0 Å². The van der Waals surface area contributed by atoms with Crippen molar-refractivity contribution in [1.82, 2.24) is 14.5 Å². The van der Waals surface area contributed by atoms with Gasteiger partial charge in [0.1, 0.15) is 35.9 Å². The molecular weight excluding hydrogens is 380 g/mol. The van der Waals surface area contributed by atoms with Gasteiger partial charge >= 0.3 is 0 Å². The molecule has 2 aromatic heterocycles. The molecule has 0 radical (unpaired) electrons. The van der Waals surface area contributed by atoms with Crippen LogP contribution in [0.4, 0.5) is 5.82 Å². The summed E-state index contributed by atoms with van der Waals surface area (Å²) >= 11 is 6.23. The van der Waals surface area contributed by atoms with Crippen molar-refractivity contribution in [2.75, 3.05) is 5.73 Å². The van der Waals surface area contributed by atoms with Gasteiger partial charge in [-0.25, -0.2) is 9.97 Å². The second kappa shape index (κ2) is 6.92. The zero-order valence-corrected chi connectivity index (χ0v) is 15.9. The van der Waals surface area contributed by atoms with E-state index in [0.29, 0.717) is 16.6 Å². The van der Waals surface area contributed by atoms with E-state index >= 15 is 0 Å². The quantitative estimate of drug-likeness (QED) is 0.679. The van der Waals surface area contributed by atoms with Crippen LogP contribution in [0.1, 0.15) is 43.6 Å². The van der Waals surface area contributed by atoms with Crippen LogP contribution in [0, 0.1) is 0 Å². The molecular formula is C20H21ClN4O3. The fraction of sp³-hybridized carbons (Fsp3) is 0.400. The van der Waals surface area contributed by atoms with E-state index in [4.69, 9.17) is 26.8 Å². The normalized spacial score (nSPS) is 23.2. The summed E-state index contributed by atoms with van der Waals surface area (Å²) in [5.74, 6) is 1.07. The minimum absolute atomic E-state index is 0.207. The maximum absolute atomic E-state index is 10.9. The van der Waals surface area contributed by atoms with Gasteiger partial charge in [0.15, 0.2) is 0 Å². The van der Waals surface area contributed by atoms with Crippen LogP contribution in [-0.2, 0) is 4.74 Å². The van der Waals surface area contributed by atoms with E-state index in [2.05, 4.69) is 9.97 Å². The number of halogens is 1. The summed E-state index contributed by atoms with van der Waals surface area (Å²) in [6.07, 6.45) is 5.91. The third-order valence-corrected chi connectivity index (χ3v) is 5.66. The number of aliphatic hydroxyl groups is 1. The van der Waals surface area contributed by atoms with Crippen molar-refractivity contribution >= 4 is 28.5 Å². The van der Waals surface area contributed by atoms with Crippen molar-refractivity contribution < 1.29 is 14.6 Å². The van der Waals surface area contributed by atoms with E-state index in [-0.39, 0.29) is 18.4 Å². The van der Waals surface area contributed by atoms with Gasteiger partial charge in [0.2, 0.25) is 0 Å². The second-order valence-electron chi connectivity index (χ2n) is 7.38. The van der Waals surface area contributed by atoms with Gasteiger partial charge in [-0.2, -0.15) is 0 Å². The van der Waals surface area contributed by atoms with E-state index in [1.54, 1.807) is 6.07 Å². The molecule has 0 spiro atoms. The lowest BCUT2D eigenvalue weighted by molar-refractivity contribution is -0.0590. The summed E-state index contributed by atoms with van der Waals surface area (Å²) in [5.41, 5.74) is 7.40. The van der Waals surface area contributed by atoms with Crippen LogP contribution in [-0.4, -0.2) is 31.8 Å². The van der Waals surface area contributed by atoms with E-state index in [1.807, 2.05) is 29.0 Å². The summed E-state index contributed by atoms with van der Waals surface area (Å²) in [5, 5.41) is 12.2. The number of rotatable bonds is 5. The number of hydrogen-bond acceptors (Lipinski definition) is 6. The van der Waals surface area contributed by atoms with Crippen molar-refractivity contribution in [2.24, 2.45) is 0 Å². The van der Waals surface area contributed by atoms with Crippen LogP contribution >= 0.6 is 11.6 Å². The third-order valence-electron chi connectivity index (χ3n) is 5.35. The van der Waals surface area contributed by atoms with Crippen LogP contribution < -0.4 is 10.5 Å². The van der Waals surface area contributed by atoms with E-state index in [1.165, 1.54) is 6.33 Å². The van der Waals surface area contributed by atoms with Crippen molar-refractivity contribution in [3.8, 4) is 5.75 Å². The van der Waals surface area contributed by atoms with Gasteiger partial charge in [0.05, 0.1) is 22.6 Å². The number of anilines is 1. The molecule has 3 N–H and O–H groups in total. The largest absolute Gasteiger partial charge is 0.489 e. The monoisotopic (exact) mass is 400 g/mol. The molecule has 2 aliphatic rings. The lowest BCUT2D eigenvalue weighted by Crippen LogP contribution is -2.19. The Balaban J connectivity index is 1.34. The number of nitrogens with two attached hydrogens (primary N) is 1. The van der Waals surface area contributed by atoms with Crippen LogP contribution in [0.15, 0.2) is 36.8 Å². The molecule has 1 saturated carbocycles. The number of ether oxygens (including phenoxy) is 2. The summed E-state index contributed by atoms with van der Waals surface area (Å²) < 4.78 is 14.0. The maximum atomic E-state index is 10.9. The summed E-state index contributed by atoms with van der Waals surface area (Å²) in [7, 11) is 0. The van der Waals surface area contributed by atoms with Gasteiger partial charge in [0, 0.05) is 6.20 Å². The zero-order chi connectivity index (χ0) is 19.3. The van der Waals surface area contributed by atoms with Gasteiger partial charge < -0.3 is 24.9 Å². The molecule has 1 aliphatic carbocycles. The minimum Gasteiger partial charge on any atom is -0.489 e. The Labute approximate surface area is 167 Å². The average Bonchev–Trinajstić information content (AvgIpc) is 3.19. The predicted octanol–water partition coefficient (Wildman–Crippen LogP) is 3.62. The molecule has 28 heavy (non-hydrogen) atoms. The van der Waals surface area contributed by atoms with Gasteiger partial charge in [-0.1, -0.05) is 17.7 Å². The molecule has 3 aromatic rings. The molecule has 3 atom stereocenters. The first-order valence-corrected chi connectivity index (χ1v) is 9.84. The van der Waals surface area contributed by atoms with Crippen LogP contribution in [0.25, 0.3) is 11.0 Å². The first-order chi connectivity index (χ1) is 13.6. The van der Waals surface area contributed by atoms with Crippen LogP contribution in [0.5, 0.6) is 5.75 Å². The number of fused-ring (bicyclic) bond motifs is 1. The number of aliphatic hydroxyl groups excluding tert-OH is 1. The number of nitrogen functional groups attached to an aromatic ring is 1. The standard InChI is InChI=1S/C20H21ClN4O3/c21-14-4-1-11(9-16(14)27-12-2-3-12)18(26)15-5-6-17(28-15)25-8-7-13-19(22)23-10-24-20(13)25/h1,4,7-10,12,15,17-18,26H,2-3,5-6H2,(H2,22,23,24)/t15-,17+,18+/m0/s1. The Morgan fingerprint density at radius 3 is 2.89 bits per heavy atom. The fourth-order valence-corrected chi connectivity index (χ4v) is 3.84. The second-order valence-corrected chi connectivity index (χ2v) is 7.78.